The van der Waals surface area contributed by atoms with Gasteiger partial charge in [-0.05, 0) is 43.3 Å². The fourth-order valence-corrected chi connectivity index (χ4v) is 1.47. The molecule has 1 unspecified atom stereocenters. The Morgan fingerprint density at radius 3 is 2.86 bits per heavy atom. The van der Waals surface area contributed by atoms with Crippen molar-refractivity contribution in [1.29, 1.82) is 0 Å². The lowest BCUT2D eigenvalue weighted by Crippen LogP contribution is -2.01. The average Bonchev–Trinajstić information content (AvgIpc) is 2.49. The molecule has 0 heterocycles. The van der Waals surface area contributed by atoms with Gasteiger partial charge in [0.2, 0.25) is 0 Å². The molecule has 0 fully saturated rings. The van der Waals surface area contributed by atoms with Crippen LogP contribution in [0.2, 0.25) is 0 Å². The first kappa shape index (κ1) is 19.8. The maximum Gasteiger partial charge on any atom is 0.302 e. The van der Waals surface area contributed by atoms with Gasteiger partial charge in [-0.1, -0.05) is 36.5 Å². The number of hydrogen-bond acceptors (Lipinski definition) is 3. The molecule has 0 bridgehead atoms. The number of unbranched alkanes of at least 4 members (excludes halogenated alkanes) is 2. The number of esters is 1. The highest BCUT2D eigenvalue weighted by atomic mass is 16.5. The largest absolute Gasteiger partial charge is 0.462 e. The third kappa shape index (κ3) is 15.8. The van der Waals surface area contributed by atoms with Crippen molar-refractivity contribution in [3.05, 3.63) is 37.0 Å². The fraction of sp³-hybridized carbons (Fsp3) is 0.421. The Bertz CT molecular complexity index is 492. The van der Waals surface area contributed by atoms with Gasteiger partial charge in [0.25, 0.3) is 0 Å². The first-order chi connectivity index (χ1) is 10.7. The van der Waals surface area contributed by atoms with E-state index in [0.29, 0.717) is 6.42 Å². The topological polar surface area (TPSA) is 46.5 Å². The first-order valence-electron chi connectivity index (χ1n) is 7.39. The highest BCUT2D eigenvalue weighted by Crippen LogP contribution is 2.05. The van der Waals surface area contributed by atoms with Crippen LogP contribution in [0.3, 0.4) is 0 Å². The molecule has 0 aromatic heterocycles. The van der Waals surface area contributed by atoms with E-state index in [4.69, 9.17) is 4.74 Å². The second kappa shape index (κ2) is 15.2. The van der Waals surface area contributed by atoms with E-state index in [1.807, 2.05) is 12.2 Å². The number of carbonyl (C=O) groups excluding carboxylic acids is 1. The van der Waals surface area contributed by atoms with Crippen molar-refractivity contribution in [2.45, 2.75) is 45.1 Å². The quantitative estimate of drug-likeness (QED) is 0.308. The lowest BCUT2D eigenvalue weighted by atomic mass is 10.1. The molecule has 0 aliphatic heterocycles. The number of hydrogen-bond donors (Lipinski definition) is 1. The SMILES string of the molecule is C=CCCCCC(O)C=CCC#CC#CC=CCOC(C)=O. The Labute approximate surface area is 133 Å². The standard InChI is InChI=1S/C19H24O3/c1-3-4-5-12-15-19(21)16-13-10-8-6-7-9-11-14-17-22-18(2)20/h3,11,13-14,16,19,21H,1,4-5,10,12,15,17H2,2H3. The maximum atomic E-state index is 10.5. The molecule has 0 rings (SSSR count). The van der Waals surface area contributed by atoms with Crippen LogP contribution in [0.15, 0.2) is 37.0 Å². The summed E-state index contributed by atoms with van der Waals surface area (Å²) in [6.07, 6.45) is 12.8. The molecule has 0 radical (unpaired) electrons. The summed E-state index contributed by atoms with van der Waals surface area (Å²) in [4.78, 5) is 10.5. The minimum absolute atomic E-state index is 0.227. The van der Waals surface area contributed by atoms with Crippen molar-refractivity contribution in [1.82, 2.24) is 0 Å². The second-order valence-corrected chi connectivity index (χ2v) is 4.55. The predicted molar refractivity (Wildman–Crippen MR) is 89.8 cm³/mol. The molecule has 3 nitrogen and oxygen atoms in total. The Morgan fingerprint density at radius 1 is 1.32 bits per heavy atom. The molecule has 0 aromatic carbocycles. The lowest BCUT2D eigenvalue weighted by Gasteiger charge is -2.03. The van der Waals surface area contributed by atoms with Gasteiger partial charge in [0.05, 0.1) is 6.10 Å². The van der Waals surface area contributed by atoms with Gasteiger partial charge in [0, 0.05) is 13.3 Å². The van der Waals surface area contributed by atoms with E-state index < -0.39 is 6.10 Å². The Balaban J connectivity index is 3.76. The Hall–Kier alpha value is -2.23. The molecule has 0 amide bonds. The van der Waals surface area contributed by atoms with Gasteiger partial charge < -0.3 is 9.84 Å². The van der Waals surface area contributed by atoms with Crippen LogP contribution in [0, 0.1) is 23.7 Å². The summed E-state index contributed by atoms with van der Waals surface area (Å²) in [7, 11) is 0. The van der Waals surface area contributed by atoms with Crippen LogP contribution < -0.4 is 0 Å². The first-order valence-corrected chi connectivity index (χ1v) is 7.39. The van der Waals surface area contributed by atoms with Crippen molar-refractivity contribution in [2.24, 2.45) is 0 Å². The molecule has 0 saturated heterocycles. The fourth-order valence-electron chi connectivity index (χ4n) is 1.47. The maximum absolute atomic E-state index is 10.5. The molecule has 22 heavy (non-hydrogen) atoms. The van der Waals surface area contributed by atoms with Crippen molar-refractivity contribution in [3.8, 4) is 23.7 Å². The number of aliphatic hydroxyl groups is 1. The van der Waals surface area contributed by atoms with Crippen molar-refractivity contribution in [3.63, 3.8) is 0 Å². The molecule has 0 aliphatic carbocycles. The van der Waals surface area contributed by atoms with Crippen LogP contribution in [0.5, 0.6) is 0 Å². The van der Waals surface area contributed by atoms with Crippen molar-refractivity contribution >= 4 is 5.97 Å². The highest BCUT2D eigenvalue weighted by Gasteiger charge is 1.96. The van der Waals surface area contributed by atoms with Crippen molar-refractivity contribution < 1.29 is 14.6 Å². The summed E-state index contributed by atoms with van der Waals surface area (Å²) in [5.41, 5.74) is 0. The number of carbonyl (C=O) groups is 1. The number of rotatable bonds is 9. The zero-order chi connectivity index (χ0) is 16.5. The number of ether oxygens (including phenoxy) is 1. The van der Waals surface area contributed by atoms with Crippen LogP contribution in [0.1, 0.15) is 39.0 Å². The zero-order valence-electron chi connectivity index (χ0n) is 13.2. The molecule has 3 heteroatoms. The van der Waals surface area contributed by atoms with E-state index in [0.717, 1.165) is 25.7 Å². The summed E-state index contributed by atoms with van der Waals surface area (Å²) in [6.45, 7) is 5.25. The van der Waals surface area contributed by atoms with Crippen LogP contribution in [0.25, 0.3) is 0 Å². The molecule has 0 aliphatic rings. The Kier molecular flexibility index (Phi) is 13.6. The van der Waals surface area contributed by atoms with Gasteiger partial charge in [0.15, 0.2) is 0 Å². The average molecular weight is 300 g/mol. The van der Waals surface area contributed by atoms with E-state index in [-0.39, 0.29) is 12.6 Å². The smallest absolute Gasteiger partial charge is 0.302 e. The van der Waals surface area contributed by atoms with E-state index in [1.165, 1.54) is 6.92 Å². The zero-order valence-corrected chi connectivity index (χ0v) is 13.2. The third-order valence-electron chi connectivity index (χ3n) is 2.54. The molecular weight excluding hydrogens is 276 g/mol. The molecule has 1 atom stereocenters. The highest BCUT2D eigenvalue weighted by molar-refractivity contribution is 5.66. The van der Waals surface area contributed by atoms with Crippen LogP contribution >= 0.6 is 0 Å². The summed E-state index contributed by atoms with van der Waals surface area (Å²) >= 11 is 0. The molecule has 0 spiro atoms. The van der Waals surface area contributed by atoms with Gasteiger partial charge in [-0.2, -0.15) is 0 Å². The summed E-state index contributed by atoms with van der Waals surface area (Å²) in [6, 6.07) is 0. The van der Waals surface area contributed by atoms with E-state index in [1.54, 1.807) is 18.2 Å². The minimum atomic E-state index is -0.401. The summed E-state index contributed by atoms with van der Waals surface area (Å²) in [5.74, 6) is 10.7. The molecule has 0 saturated carbocycles. The van der Waals surface area contributed by atoms with Gasteiger partial charge in [-0.3, -0.25) is 4.79 Å². The normalized spacial score (nSPS) is 11.4. The third-order valence-corrected chi connectivity index (χ3v) is 2.54. The Morgan fingerprint density at radius 2 is 2.14 bits per heavy atom. The minimum Gasteiger partial charge on any atom is -0.462 e. The van der Waals surface area contributed by atoms with E-state index in [9.17, 15) is 9.90 Å². The van der Waals surface area contributed by atoms with Crippen LogP contribution in [-0.2, 0) is 9.53 Å². The second-order valence-electron chi connectivity index (χ2n) is 4.55. The lowest BCUT2D eigenvalue weighted by molar-refractivity contribution is -0.139. The summed E-state index contributed by atoms with van der Waals surface area (Å²) in [5, 5.41) is 9.68. The summed E-state index contributed by atoms with van der Waals surface area (Å²) < 4.78 is 4.70. The van der Waals surface area contributed by atoms with E-state index in [2.05, 4.69) is 30.3 Å². The molecule has 118 valence electrons. The van der Waals surface area contributed by atoms with Crippen molar-refractivity contribution in [2.75, 3.05) is 6.61 Å². The van der Waals surface area contributed by atoms with E-state index >= 15 is 0 Å². The van der Waals surface area contributed by atoms with Crippen LogP contribution in [-0.4, -0.2) is 23.8 Å². The number of aliphatic hydroxyl groups excluding tert-OH is 1. The predicted octanol–water partition coefficient (Wildman–Crippen LogP) is 3.17. The van der Waals surface area contributed by atoms with Gasteiger partial charge in [-0.15, -0.1) is 6.58 Å². The molecular formula is C19H24O3. The molecule has 0 aromatic rings. The van der Waals surface area contributed by atoms with Gasteiger partial charge in [0.1, 0.15) is 6.61 Å². The van der Waals surface area contributed by atoms with Gasteiger partial charge >= 0.3 is 5.97 Å². The van der Waals surface area contributed by atoms with Gasteiger partial charge in [-0.25, -0.2) is 0 Å². The number of allylic oxidation sites excluding steroid dienone is 3. The molecule has 1 N–H and O–H groups in total. The van der Waals surface area contributed by atoms with Crippen LogP contribution in [0.4, 0.5) is 0 Å². The monoisotopic (exact) mass is 300 g/mol.